The van der Waals surface area contributed by atoms with E-state index in [0.717, 1.165) is 65.3 Å². The van der Waals surface area contributed by atoms with Crippen LogP contribution in [0.25, 0.3) is 11.3 Å². The van der Waals surface area contributed by atoms with Gasteiger partial charge in [-0.25, -0.2) is 0 Å². The van der Waals surface area contributed by atoms with Gasteiger partial charge in [-0.3, -0.25) is 14.5 Å². The standard InChI is InChI=1S/C29H29BrN4O3/c30-22-8-11-24-25(17-22)33-29(37)27(24)28(21-6-1-19(2-7-21)5-12-26(35)36)32-23-9-3-20(4-10-23)18-34-15-13-31-14-16-34/h1-4,6-11,17,31-32H,5,12-16,18H2,(H,33,37)(H,35,36). The van der Waals surface area contributed by atoms with Crippen LogP contribution in [0.15, 0.2) is 71.2 Å². The molecular weight excluding hydrogens is 532 g/mol. The molecule has 0 aromatic heterocycles. The van der Waals surface area contributed by atoms with E-state index in [2.05, 4.69) is 61.0 Å². The molecule has 0 unspecified atom stereocenters. The van der Waals surface area contributed by atoms with Crippen LogP contribution in [0.3, 0.4) is 0 Å². The average Bonchev–Trinajstić information content (AvgIpc) is 3.22. The lowest BCUT2D eigenvalue weighted by Gasteiger charge is -2.27. The summed E-state index contributed by atoms with van der Waals surface area (Å²) in [6.07, 6.45) is 0.539. The molecule has 4 N–H and O–H groups in total. The third-order valence-corrected chi connectivity index (χ3v) is 7.18. The molecular formula is C29H29BrN4O3. The Kier molecular flexibility index (Phi) is 7.69. The molecule has 0 spiro atoms. The predicted molar refractivity (Wildman–Crippen MR) is 150 cm³/mol. The van der Waals surface area contributed by atoms with Crippen LogP contribution in [0.1, 0.15) is 28.7 Å². The Morgan fingerprint density at radius 1 is 0.973 bits per heavy atom. The Labute approximate surface area is 224 Å². The molecule has 1 fully saturated rings. The van der Waals surface area contributed by atoms with E-state index in [4.69, 9.17) is 5.11 Å². The molecule has 190 valence electrons. The first-order chi connectivity index (χ1) is 18.0. The fraction of sp³-hybridized carbons (Fsp3) is 0.241. The molecule has 2 heterocycles. The second-order valence-corrected chi connectivity index (χ2v) is 10.2. The van der Waals surface area contributed by atoms with Gasteiger partial charge in [0.2, 0.25) is 0 Å². The van der Waals surface area contributed by atoms with Crippen molar-refractivity contribution in [3.63, 3.8) is 0 Å². The van der Waals surface area contributed by atoms with Crippen molar-refractivity contribution in [2.45, 2.75) is 19.4 Å². The lowest BCUT2D eigenvalue weighted by molar-refractivity contribution is -0.137. The Hall–Kier alpha value is -3.46. The molecule has 8 heteroatoms. The number of carboxylic acids is 1. The highest BCUT2D eigenvalue weighted by molar-refractivity contribution is 9.10. The van der Waals surface area contributed by atoms with Gasteiger partial charge in [-0.2, -0.15) is 0 Å². The number of halogens is 1. The van der Waals surface area contributed by atoms with Gasteiger partial charge in [0, 0.05) is 54.9 Å². The minimum absolute atomic E-state index is 0.0799. The highest BCUT2D eigenvalue weighted by Gasteiger charge is 2.28. The second-order valence-electron chi connectivity index (χ2n) is 9.33. The molecule has 1 saturated heterocycles. The molecule has 2 aliphatic heterocycles. The zero-order chi connectivity index (χ0) is 25.8. The second kappa shape index (κ2) is 11.3. The first kappa shape index (κ1) is 25.2. The van der Waals surface area contributed by atoms with Crippen LogP contribution in [0, 0.1) is 0 Å². The number of hydrogen-bond acceptors (Lipinski definition) is 5. The summed E-state index contributed by atoms with van der Waals surface area (Å²) in [4.78, 5) is 26.6. The third kappa shape index (κ3) is 6.10. The van der Waals surface area contributed by atoms with E-state index < -0.39 is 5.97 Å². The van der Waals surface area contributed by atoms with E-state index in [1.807, 2.05) is 42.5 Å². The maximum Gasteiger partial charge on any atom is 0.303 e. The predicted octanol–water partition coefficient (Wildman–Crippen LogP) is 4.80. The number of piperazine rings is 1. The summed E-state index contributed by atoms with van der Waals surface area (Å²) in [5.74, 6) is -0.986. The van der Waals surface area contributed by atoms with E-state index in [1.165, 1.54) is 5.56 Å². The van der Waals surface area contributed by atoms with Crippen molar-refractivity contribution in [3.05, 3.63) is 93.5 Å². The van der Waals surface area contributed by atoms with Crippen molar-refractivity contribution >= 4 is 50.5 Å². The van der Waals surface area contributed by atoms with Gasteiger partial charge in [0.25, 0.3) is 5.91 Å². The first-order valence-corrected chi connectivity index (χ1v) is 13.2. The number of rotatable bonds is 8. The van der Waals surface area contributed by atoms with Crippen molar-refractivity contribution in [1.29, 1.82) is 0 Å². The first-order valence-electron chi connectivity index (χ1n) is 12.4. The number of fused-ring (bicyclic) bond motifs is 1. The summed E-state index contributed by atoms with van der Waals surface area (Å²) < 4.78 is 0.894. The molecule has 0 bridgehead atoms. The Bertz CT molecular complexity index is 1330. The fourth-order valence-corrected chi connectivity index (χ4v) is 5.09. The number of nitrogens with zero attached hydrogens (tertiary/aromatic N) is 1. The van der Waals surface area contributed by atoms with Gasteiger partial charge in [-0.1, -0.05) is 58.4 Å². The van der Waals surface area contributed by atoms with E-state index in [-0.39, 0.29) is 12.3 Å². The summed E-state index contributed by atoms with van der Waals surface area (Å²) >= 11 is 3.48. The monoisotopic (exact) mass is 560 g/mol. The molecule has 0 radical (unpaired) electrons. The van der Waals surface area contributed by atoms with Crippen molar-refractivity contribution in [2.24, 2.45) is 0 Å². The zero-order valence-electron chi connectivity index (χ0n) is 20.4. The van der Waals surface area contributed by atoms with Crippen LogP contribution in [0.5, 0.6) is 0 Å². The number of nitrogens with one attached hydrogen (secondary N) is 3. The molecule has 1 amide bonds. The van der Waals surface area contributed by atoms with Gasteiger partial charge < -0.3 is 21.1 Å². The largest absolute Gasteiger partial charge is 0.481 e. The molecule has 0 atom stereocenters. The number of amides is 1. The van der Waals surface area contributed by atoms with E-state index in [0.29, 0.717) is 17.7 Å². The van der Waals surface area contributed by atoms with Gasteiger partial charge in [0.1, 0.15) is 0 Å². The summed E-state index contributed by atoms with van der Waals surface area (Å²) in [6.45, 7) is 5.04. The van der Waals surface area contributed by atoms with Crippen molar-refractivity contribution in [2.75, 3.05) is 36.8 Å². The molecule has 0 saturated carbocycles. The maximum absolute atomic E-state index is 13.2. The van der Waals surface area contributed by atoms with Crippen molar-refractivity contribution in [3.8, 4) is 0 Å². The molecule has 3 aromatic rings. The van der Waals surface area contributed by atoms with Gasteiger partial charge in [0.15, 0.2) is 0 Å². The van der Waals surface area contributed by atoms with Gasteiger partial charge in [-0.05, 0) is 47.4 Å². The van der Waals surface area contributed by atoms with Gasteiger partial charge >= 0.3 is 5.97 Å². The highest BCUT2D eigenvalue weighted by Crippen LogP contribution is 2.39. The SMILES string of the molecule is O=C(O)CCc1ccc(C(Nc2ccc(CN3CCNCC3)cc2)=C2C(=O)Nc3cc(Br)ccc32)cc1. The lowest BCUT2D eigenvalue weighted by Crippen LogP contribution is -2.42. The van der Waals surface area contributed by atoms with Crippen LogP contribution in [-0.2, 0) is 22.6 Å². The Morgan fingerprint density at radius 2 is 1.68 bits per heavy atom. The normalized spacial score (nSPS) is 16.7. The van der Waals surface area contributed by atoms with Crippen LogP contribution in [0.2, 0.25) is 0 Å². The highest BCUT2D eigenvalue weighted by atomic mass is 79.9. The fourth-order valence-electron chi connectivity index (χ4n) is 4.73. The number of hydrogen-bond donors (Lipinski definition) is 4. The van der Waals surface area contributed by atoms with E-state index >= 15 is 0 Å². The maximum atomic E-state index is 13.2. The number of aryl methyl sites for hydroxylation is 1. The number of carbonyl (C=O) groups is 2. The average molecular weight is 561 g/mol. The van der Waals surface area contributed by atoms with E-state index in [9.17, 15) is 9.59 Å². The molecule has 7 nitrogen and oxygen atoms in total. The van der Waals surface area contributed by atoms with Crippen molar-refractivity contribution < 1.29 is 14.7 Å². The summed E-state index contributed by atoms with van der Waals surface area (Å²) in [5.41, 5.74) is 6.80. The third-order valence-electron chi connectivity index (χ3n) is 6.69. The zero-order valence-corrected chi connectivity index (χ0v) is 22.0. The number of benzene rings is 3. The quantitative estimate of drug-likeness (QED) is 0.295. The Morgan fingerprint density at radius 3 is 2.38 bits per heavy atom. The van der Waals surface area contributed by atoms with E-state index in [1.54, 1.807) is 0 Å². The van der Waals surface area contributed by atoms with Crippen LogP contribution < -0.4 is 16.0 Å². The number of carboxylic acid groups (broad SMARTS) is 1. The van der Waals surface area contributed by atoms with Crippen LogP contribution in [0.4, 0.5) is 11.4 Å². The molecule has 2 aliphatic rings. The number of anilines is 2. The summed E-state index contributed by atoms with van der Waals surface area (Å²) in [5, 5.41) is 18.9. The molecule has 0 aliphatic carbocycles. The number of aliphatic carboxylic acids is 1. The lowest BCUT2D eigenvalue weighted by atomic mass is 9.98. The minimum Gasteiger partial charge on any atom is -0.481 e. The van der Waals surface area contributed by atoms with Gasteiger partial charge in [-0.15, -0.1) is 0 Å². The van der Waals surface area contributed by atoms with Crippen LogP contribution >= 0.6 is 15.9 Å². The topological polar surface area (TPSA) is 93.7 Å². The molecule has 3 aromatic carbocycles. The van der Waals surface area contributed by atoms with Crippen LogP contribution in [-0.4, -0.2) is 48.1 Å². The summed E-state index contributed by atoms with van der Waals surface area (Å²) in [6, 6.07) is 21.8. The smallest absolute Gasteiger partial charge is 0.303 e. The number of carbonyl (C=O) groups excluding carboxylic acids is 1. The van der Waals surface area contributed by atoms with Crippen molar-refractivity contribution in [1.82, 2.24) is 10.2 Å². The van der Waals surface area contributed by atoms with Gasteiger partial charge in [0.05, 0.1) is 17.0 Å². The minimum atomic E-state index is -0.820. The summed E-state index contributed by atoms with van der Waals surface area (Å²) in [7, 11) is 0. The molecule has 5 rings (SSSR count). The Balaban J connectivity index is 1.46. The molecule has 37 heavy (non-hydrogen) atoms.